The van der Waals surface area contributed by atoms with Gasteiger partial charge in [0.05, 0.1) is 5.69 Å². The van der Waals surface area contributed by atoms with Gasteiger partial charge in [0.25, 0.3) is 0 Å². The van der Waals surface area contributed by atoms with Gasteiger partial charge in [-0.25, -0.2) is 4.98 Å². The zero-order valence-electron chi connectivity index (χ0n) is 10.3. The average molecular weight is 294 g/mol. The highest BCUT2D eigenvalue weighted by molar-refractivity contribution is 9.10. The molecule has 4 heteroatoms. The smallest absolute Gasteiger partial charge is 0.207 e. The van der Waals surface area contributed by atoms with Crippen molar-refractivity contribution < 1.29 is 0 Å². The monoisotopic (exact) mass is 293 g/mol. The lowest BCUT2D eigenvalue weighted by atomic mass is 10.2. The van der Waals surface area contributed by atoms with Gasteiger partial charge in [-0.1, -0.05) is 22.0 Å². The van der Waals surface area contributed by atoms with Gasteiger partial charge in [0.2, 0.25) is 5.95 Å². The Kier molecular flexibility index (Phi) is 3.52. The average Bonchev–Trinajstić information content (AvgIpc) is 2.64. The van der Waals surface area contributed by atoms with Crippen molar-refractivity contribution in [2.24, 2.45) is 0 Å². The number of aromatic nitrogens is 2. The fourth-order valence-electron chi connectivity index (χ4n) is 1.69. The first kappa shape index (κ1) is 12.2. The number of halogens is 1. The van der Waals surface area contributed by atoms with E-state index in [0.717, 1.165) is 28.3 Å². The highest BCUT2D eigenvalue weighted by Gasteiger charge is 2.05. The number of anilines is 2. The van der Waals surface area contributed by atoms with Crippen molar-refractivity contribution in [1.29, 1.82) is 0 Å². The summed E-state index contributed by atoms with van der Waals surface area (Å²) in [5.41, 5.74) is 3.30. The van der Waals surface area contributed by atoms with E-state index < -0.39 is 0 Å². The molecule has 1 aromatic heterocycles. The Bertz CT molecular complexity index is 531. The van der Waals surface area contributed by atoms with E-state index in [1.165, 1.54) is 5.56 Å². The minimum atomic E-state index is 0.890. The van der Waals surface area contributed by atoms with Crippen LogP contribution in [-0.4, -0.2) is 9.55 Å². The predicted octanol–water partition coefficient (Wildman–Crippen LogP) is 4.03. The fraction of sp³-hybridized carbons (Fsp3) is 0.308. The quantitative estimate of drug-likeness (QED) is 0.926. The minimum absolute atomic E-state index is 0.890. The molecular formula is C13H16BrN3. The van der Waals surface area contributed by atoms with Crippen LogP contribution in [0.5, 0.6) is 0 Å². The van der Waals surface area contributed by atoms with Gasteiger partial charge in [-0.2, -0.15) is 0 Å². The molecule has 0 saturated heterocycles. The third-order valence-corrected chi connectivity index (χ3v) is 3.52. The summed E-state index contributed by atoms with van der Waals surface area (Å²) in [6.07, 6.45) is 2.05. The topological polar surface area (TPSA) is 29.9 Å². The van der Waals surface area contributed by atoms with E-state index in [4.69, 9.17) is 0 Å². The number of nitrogens with zero attached hydrogens (tertiary/aromatic N) is 2. The Morgan fingerprint density at radius 1 is 1.35 bits per heavy atom. The van der Waals surface area contributed by atoms with Crippen LogP contribution in [0.15, 0.2) is 28.9 Å². The Hall–Kier alpha value is -1.29. The van der Waals surface area contributed by atoms with Gasteiger partial charge in [-0.15, -0.1) is 0 Å². The summed E-state index contributed by atoms with van der Waals surface area (Å²) < 4.78 is 3.21. The molecule has 0 saturated carbocycles. The maximum absolute atomic E-state index is 4.47. The third-order valence-electron chi connectivity index (χ3n) is 2.67. The molecule has 2 rings (SSSR count). The first-order valence-corrected chi connectivity index (χ1v) is 6.46. The predicted molar refractivity (Wildman–Crippen MR) is 74.8 cm³/mol. The number of rotatable bonds is 3. The number of benzene rings is 1. The van der Waals surface area contributed by atoms with Crippen molar-refractivity contribution >= 4 is 27.6 Å². The SMILES string of the molecule is CCn1cc(C)nc1Nc1ccc(C)c(Br)c1. The molecule has 1 N–H and O–H groups in total. The van der Waals surface area contributed by atoms with E-state index in [-0.39, 0.29) is 0 Å². The van der Waals surface area contributed by atoms with Gasteiger partial charge < -0.3 is 9.88 Å². The van der Waals surface area contributed by atoms with Crippen LogP contribution in [0, 0.1) is 13.8 Å². The molecule has 1 aromatic carbocycles. The van der Waals surface area contributed by atoms with Crippen molar-refractivity contribution in [3.8, 4) is 0 Å². The highest BCUT2D eigenvalue weighted by atomic mass is 79.9. The minimum Gasteiger partial charge on any atom is -0.326 e. The van der Waals surface area contributed by atoms with Gasteiger partial charge in [0, 0.05) is 22.9 Å². The summed E-state index contributed by atoms with van der Waals surface area (Å²) in [6.45, 7) is 7.10. The van der Waals surface area contributed by atoms with E-state index in [0.29, 0.717) is 0 Å². The van der Waals surface area contributed by atoms with Gasteiger partial charge in [-0.3, -0.25) is 0 Å². The summed E-state index contributed by atoms with van der Waals surface area (Å²) in [5.74, 6) is 0.890. The molecule has 0 spiro atoms. The maximum atomic E-state index is 4.47. The Morgan fingerprint density at radius 3 is 2.76 bits per heavy atom. The van der Waals surface area contributed by atoms with Crippen molar-refractivity contribution in [1.82, 2.24) is 9.55 Å². The largest absolute Gasteiger partial charge is 0.326 e. The standard InChI is InChI=1S/C13H16BrN3/c1-4-17-8-10(3)15-13(17)16-11-6-5-9(2)12(14)7-11/h5-8H,4H2,1-3H3,(H,15,16). The molecule has 0 bridgehead atoms. The van der Waals surface area contributed by atoms with E-state index in [9.17, 15) is 0 Å². The number of imidazole rings is 1. The van der Waals surface area contributed by atoms with Crippen LogP contribution in [0.1, 0.15) is 18.2 Å². The molecule has 0 atom stereocenters. The second-order valence-corrected chi connectivity index (χ2v) is 4.94. The highest BCUT2D eigenvalue weighted by Crippen LogP contribution is 2.23. The van der Waals surface area contributed by atoms with Gasteiger partial charge in [0.15, 0.2) is 0 Å². The van der Waals surface area contributed by atoms with E-state index in [2.05, 4.69) is 62.8 Å². The van der Waals surface area contributed by atoms with E-state index in [1.54, 1.807) is 0 Å². The van der Waals surface area contributed by atoms with Crippen molar-refractivity contribution in [3.05, 3.63) is 40.1 Å². The number of aryl methyl sites for hydroxylation is 3. The molecule has 0 amide bonds. The lowest BCUT2D eigenvalue weighted by Crippen LogP contribution is -2.01. The third kappa shape index (κ3) is 2.69. The summed E-state index contributed by atoms with van der Waals surface area (Å²) in [7, 11) is 0. The Labute approximate surface area is 110 Å². The van der Waals surface area contributed by atoms with Gasteiger partial charge >= 0.3 is 0 Å². The zero-order valence-corrected chi connectivity index (χ0v) is 11.9. The summed E-state index contributed by atoms with van der Waals surface area (Å²) >= 11 is 3.53. The molecular weight excluding hydrogens is 278 g/mol. The van der Waals surface area contributed by atoms with Crippen molar-refractivity contribution in [3.63, 3.8) is 0 Å². The lowest BCUT2D eigenvalue weighted by Gasteiger charge is -2.08. The Morgan fingerprint density at radius 2 is 2.12 bits per heavy atom. The fourth-order valence-corrected chi connectivity index (χ4v) is 2.07. The van der Waals surface area contributed by atoms with Crippen LogP contribution in [0.4, 0.5) is 11.6 Å². The number of nitrogens with one attached hydrogen (secondary N) is 1. The molecule has 0 aliphatic rings. The summed E-state index contributed by atoms with van der Waals surface area (Å²) in [4.78, 5) is 4.47. The van der Waals surface area contributed by atoms with E-state index in [1.807, 2.05) is 13.1 Å². The molecule has 0 radical (unpaired) electrons. The van der Waals surface area contributed by atoms with Crippen LogP contribution in [0.3, 0.4) is 0 Å². The Balaban J connectivity index is 2.27. The second kappa shape index (κ2) is 4.92. The molecule has 0 aliphatic carbocycles. The summed E-state index contributed by atoms with van der Waals surface area (Å²) in [6, 6.07) is 6.21. The molecule has 17 heavy (non-hydrogen) atoms. The van der Waals surface area contributed by atoms with E-state index >= 15 is 0 Å². The number of hydrogen-bond donors (Lipinski definition) is 1. The lowest BCUT2D eigenvalue weighted by molar-refractivity contribution is 0.771. The van der Waals surface area contributed by atoms with Gasteiger partial charge in [0.1, 0.15) is 0 Å². The zero-order chi connectivity index (χ0) is 12.4. The van der Waals surface area contributed by atoms with Crippen molar-refractivity contribution in [2.45, 2.75) is 27.3 Å². The molecule has 0 fully saturated rings. The molecule has 90 valence electrons. The molecule has 3 nitrogen and oxygen atoms in total. The molecule has 2 aromatic rings. The van der Waals surface area contributed by atoms with Crippen LogP contribution < -0.4 is 5.32 Å². The van der Waals surface area contributed by atoms with Crippen molar-refractivity contribution in [2.75, 3.05) is 5.32 Å². The van der Waals surface area contributed by atoms with Crippen LogP contribution in [-0.2, 0) is 6.54 Å². The van der Waals surface area contributed by atoms with Crippen LogP contribution in [0.2, 0.25) is 0 Å². The molecule has 1 heterocycles. The van der Waals surface area contributed by atoms with Crippen LogP contribution >= 0.6 is 15.9 Å². The van der Waals surface area contributed by atoms with Gasteiger partial charge in [-0.05, 0) is 38.5 Å². The molecule has 0 aliphatic heterocycles. The van der Waals surface area contributed by atoms with Crippen LogP contribution in [0.25, 0.3) is 0 Å². The molecule has 0 unspecified atom stereocenters. The first-order valence-electron chi connectivity index (χ1n) is 5.67. The maximum Gasteiger partial charge on any atom is 0.207 e. The second-order valence-electron chi connectivity index (χ2n) is 4.08. The summed E-state index contributed by atoms with van der Waals surface area (Å²) in [5, 5.41) is 3.33. The first-order chi connectivity index (χ1) is 8.10. The normalized spacial score (nSPS) is 10.6. The number of hydrogen-bond acceptors (Lipinski definition) is 2.